The molecule has 0 radical (unpaired) electrons. The Morgan fingerprint density at radius 2 is 1.96 bits per heavy atom. The van der Waals surface area contributed by atoms with E-state index < -0.39 is 0 Å². The third-order valence-electron chi connectivity index (χ3n) is 3.62. The predicted octanol–water partition coefficient (Wildman–Crippen LogP) is 3.55. The van der Waals surface area contributed by atoms with Crippen LogP contribution < -0.4 is 5.32 Å². The third kappa shape index (κ3) is 3.79. The summed E-state index contributed by atoms with van der Waals surface area (Å²) < 4.78 is 6.04. The van der Waals surface area contributed by atoms with Crippen LogP contribution in [0.3, 0.4) is 0 Å². The van der Waals surface area contributed by atoms with Gasteiger partial charge in [-0.2, -0.15) is 0 Å². The van der Waals surface area contributed by atoms with Crippen LogP contribution in [0.15, 0.2) is 58.0 Å². The van der Waals surface area contributed by atoms with Gasteiger partial charge in [0.1, 0.15) is 5.84 Å². The van der Waals surface area contributed by atoms with Gasteiger partial charge in [0.05, 0.1) is 18.7 Å². The number of fused-ring (bicyclic) bond motifs is 1. The van der Waals surface area contributed by atoms with Gasteiger partial charge in [-0.25, -0.2) is 4.79 Å². The monoisotopic (exact) mass is 372 g/mol. The van der Waals surface area contributed by atoms with E-state index in [2.05, 4.69) is 38.4 Å². The molecule has 118 valence electrons. The Hall–Kier alpha value is -2.14. The van der Waals surface area contributed by atoms with Crippen LogP contribution in [-0.4, -0.2) is 25.0 Å². The topological polar surface area (TPSA) is 50.7 Å². The first-order chi connectivity index (χ1) is 11.3. The molecule has 5 heteroatoms. The van der Waals surface area contributed by atoms with E-state index in [4.69, 9.17) is 4.74 Å². The highest BCUT2D eigenvalue weighted by molar-refractivity contribution is 9.10. The van der Waals surface area contributed by atoms with Gasteiger partial charge < -0.3 is 10.1 Å². The van der Waals surface area contributed by atoms with Gasteiger partial charge in [-0.15, -0.1) is 0 Å². The van der Waals surface area contributed by atoms with Crippen LogP contribution in [-0.2, 0) is 11.3 Å². The number of carbonyl (C=O) groups excluding carboxylic acids is 1. The van der Waals surface area contributed by atoms with Crippen molar-refractivity contribution in [3.8, 4) is 0 Å². The number of rotatable bonds is 5. The summed E-state index contributed by atoms with van der Waals surface area (Å²) in [5.74, 6) is 0.624. The highest BCUT2D eigenvalue weighted by Gasteiger charge is 2.14. The largest absolute Gasteiger partial charge is 0.462 e. The number of hydrogen-bond acceptors (Lipinski definition) is 4. The summed E-state index contributed by atoms with van der Waals surface area (Å²) >= 11 is 3.35. The predicted molar refractivity (Wildman–Crippen MR) is 93.7 cm³/mol. The zero-order valence-corrected chi connectivity index (χ0v) is 14.2. The fraction of sp³-hybridized carbons (Fsp3) is 0.222. The van der Waals surface area contributed by atoms with E-state index in [1.807, 2.05) is 30.3 Å². The van der Waals surface area contributed by atoms with Crippen molar-refractivity contribution < 1.29 is 9.53 Å². The van der Waals surface area contributed by atoms with Crippen LogP contribution in [0.1, 0.15) is 27.9 Å². The van der Waals surface area contributed by atoms with Crippen LogP contribution in [0.5, 0.6) is 0 Å². The fourth-order valence-electron chi connectivity index (χ4n) is 2.44. The second kappa shape index (κ2) is 7.42. The average molecular weight is 373 g/mol. The van der Waals surface area contributed by atoms with Crippen molar-refractivity contribution in [3.63, 3.8) is 0 Å². The minimum absolute atomic E-state index is 0.305. The van der Waals surface area contributed by atoms with Gasteiger partial charge in [0.25, 0.3) is 0 Å². The summed E-state index contributed by atoms with van der Waals surface area (Å²) in [7, 11) is 0. The molecule has 0 atom stereocenters. The molecule has 2 aromatic carbocycles. The van der Waals surface area contributed by atoms with Crippen molar-refractivity contribution in [1.82, 2.24) is 5.32 Å². The molecule has 1 heterocycles. The minimum Gasteiger partial charge on any atom is -0.462 e. The number of benzene rings is 2. The van der Waals surface area contributed by atoms with E-state index in [1.54, 1.807) is 6.07 Å². The third-order valence-corrected chi connectivity index (χ3v) is 4.31. The van der Waals surface area contributed by atoms with Crippen molar-refractivity contribution in [3.05, 3.63) is 69.7 Å². The highest BCUT2D eigenvalue weighted by atomic mass is 79.9. The molecule has 0 aliphatic carbocycles. The van der Waals surface area contributed by atoms with Gasteiger partial charge in [0.15, 0.2) is 0 Å². The first kappa shape index (κ1) is 15.7. The van der Waals surface area contributed by atoms with Crippen LogP contribution in [0, 0.1) is 0 Å². The van der Waals surface area contributed by atoms with Crippen LogP contribution in [0.2, 0.25) is 0 Å². The lowest BCUT2D eigenvalue weighted by molar-refractivity contribution is 0.0501. The first-order valence-electron chi connectivity index (χ1n) is 7.54. The Morgan fingerprint density at radius 1 is 1.17 bits per heavy atom. The molecule has 4 nitrogen and oxygen atoms in total. The summed E-state index contributed by atoms with van der Waals surface area (Å²) in [5.41, 5.74) is 2.96. The summed E-state index contributed by atoms with van der Waals surface area (Å²) in [6, 6.07) is 15.5. The summed E-state index contributed by atoms with van der Waals surface area (Å²) in [4.78, 5) is 16.4. The zero-order valence-electron chi connectivity index (χ0n) is 12.6. The summed E-state index contributed by atoms with van der Waals surface area (Å²) in [6.45, 7) is 1.83. The Kier molecular flexibility index (Phi) is 5.08. The number of halogens is 1. The minimum atomic E-state index is -0.305. The number of aliphatic imine (C=N–C) groups is 1. The molecule has 1 N–H and O–H groups in total. The molecule has 23 heavy (non-hydrogen) atoms. The van der Waals surface area contributed by atoms with Crippen molar-refractivity contribution >= 4 is 27.7 Å². The van der Waals surface area contributed by atoms with E-state index in [-0.39, 0.29) is 5.97 Å². The molecule has 0 unspecified atom stereocenters. The van der Waals surface area contributed by atoms with Crippen molar-refractivity contribution in [2.45, 2.75) is 13.0 Å². The molecule has 0 aromatic heterocycles. The maximum Gasteiger partial charge on any atom is 0.339 e. The standard InChI is InChI=1S/C18H17BrN2O2/c19-16-9-4-3-8-15(16)18(22)23-11-5-10-20-17-14-7-2-1-6-13(14)12-21-17/h1-4,6-9H,5,10-12H2,(H,20,21). The summed E-state index contributed by atoms with van der Waals surface area (Å²) in [5, 5.41) is 3.31. The molecule has 1 aliphatic rings. The molecule has 0 fully saturated rings. The van der Waals surface area contributed by atoms with Gasteiger partial charge in [-0.3, -0.25) is 4.99 Å². The van der Waals surface area contributed by atoms with E-state index in [1.165, 1.54) is 5.56 Å². The Labute approximate surface area is 143 Å². The van der Waals surface area contributed by atoms with E-state index in [0.29, 0.717) is 12.2 Å². The number of carbonyl (C=O) groups is 1. The number of hydrogen-bond donors (Lipinski definition) is 1. The molecule has 1 aliphatic heterocycles. The molecule has 3 rings (SSSR count). The van der Waals surface area contributed by atoms with Gasteiger partial charge in [-0.1, -0.05) is 36.4 Å². The Bertz CT molecular complexity index is 743. The molecule has 2 aromatic rings. The molecular formula is C18H17BrN2O2. The van der Waals surface area contributed by atoms with Gasteiger partial charge in [-0.05, 0) is 40.0 Å². The van der Waals surface area contributed by atoms with E-state index in [0.717, 1.165) is 35.4 Å². The van der Waals surface area contributed by atoms with Crippen molar-refractivity contribution in [2.24, 2.45) is 4.99 Å². The van der Waals surface area contributed by atoms with Gasteiger partial charge >= 0.3 is 5.97 Å². The first-order valence-corrected chi connectivity index (χ1v) is 8.33. The van der Waals surface area contributed by atoms with Crippen molar-refractivity contribution in [2.75, 3.05) is 13.2 Å². The van der Waals surface area contributed by atoms with Crippen molar-refractivity contribution in [1.29, 1.82) is 0 Å². The molecular weight excluding hydrogens is 356 g/mol. The van der Waals surface area contributed by atoms with Crippen LogP contribution in [0.25, 0.3) is 0 Å². The lowest BCUT2D eigenvalue weighted by atomic mass is 10.1. The normalized spacial score (nSPS) is 12.5. The van der Waals surface area contributed by atoms with E-state index in [9.17, 15) is 4.79 Å². The molecule has 0 bridgehead atoms. The lowest BCUT2D eigenvalue weighted by Crippen LogP contribution is -2.25. The summed E-state index contributed by atoms with van der Waals surface area (Å²) in [6.07, 6.45) is 0.734. The zero-order chi connectivity index (χ0) is 16.1. The van der Waals surface area contributed by atoms with E-state index >= 15 is 0 Å². The smallest absolute Gasteiger partial charge is 0.339 e. The number of esters is 1. The van der Waals surface area contributed by atoms with Crippen LogP contribution >= 0.6 is 15.9 Å². The number of ether oxygens (including phenoxy) is 1. The average Bonchev–Trinajstić information content (AvgIpc) is 2.98. The SMILES string of the molecule is O=C(OCCCNC1=NCc2ccccc21)c1ccccc1Br. The quantitative estimate of drug-likeness (QED) is 0.644. The second-order valence-corrected chi connectivity index (χ2v) is 6.07. The number of nitrogens with zero attached hydrogens (tertiary/aromatic N) is 1. The highest BCUT2D eigenvalue weighted by Crippen LogP contribution is 2.17. The number of nitrogens with one attached hydrogen (secondary N) is 1. The Morgan fingerprint density at radius 3 is 2.83 bits per heavy atom. The van der Waals surface area contributed by atoms with Crippen LogP contribution in [0.4, 0.5) is 0 Å². The molecule has 0 saturated carbocycles. The number of amidine groups is 1. The van der Waals surface area contributed by atoms with Gasteiger partial charge in [0.2, 0.25) is 0 Å². The molecule has 0 saturated heterocycles. The molecule has 0 spiro atoms. The second-order valence-electron chi connectivity index (χ2n) is 5.22. The fourth-order valence-corrected chi connectivity index (χ4v) is 2.88. The lowest BCUT2D eigenvalue weighted by Gasteiger charge is -2.09. The maximum absolute atomic E-state index is 12.0. The van der Waals surface area contributed by atoms with Gasteiger partial charge in [0, 0.05) is 16.6 Å². The molecule has 0 amide bonds. The Balaban J connectivity index is 1.41. The maximum atomic E-state index is 12.0.